The van der Waals surface area contributed by atoms with Crippen molar-refractivity contribution in [2.24, 2.45) is 5.92 Å². The number of hydrogen-bond donors (Lipinski definition) is 0. The number of halogens is 1. The molecule has 0 spiro atoms. The Morgan fingerprint density at radius 3 is 3.05 bits per heavy atom. The SMILES string of the molecule is N#Cc1cc(F)ccc1Oc1cnn(CC2CC2)c1. The minimum absolute atomic E-state index is 0.176. The number of benzene rings is 1. The number of nitriles is 1. The summed E-state index contributed by atoms with van der Waals surface area (Å²) in [5, 5.41) is 13.1. The quantitative estimate of drug-likeness (QED) is 0.845. The van der Waals surface area contributed by atoms with Gasteiger partial charge < -0.3 is 4.74 Å². The zero-order valence-corrected chi connectivity index (χ0v) is 10.2. The van der Waals surface area contributed by atoms with Crippen LogP contribution in [0.1, 0.15) is 18.4 Å². The summed E-state index contributed by atoms with van der Waals surface area (Å²) in [6.45, 7) is 0.901. The summed E-state index contributed by atoms with van der Waals surface area (Å²) in [5.74, 6) is 1.18. The van der Waals surface area contributed by atoms with E-state index in [0.717, 1.165) is 18.5 Å². The van der Waals surface area contributed by atoms with Crippen LogP contribution < -0.4 is 4.74 Å². The zero-order valence-electron chi connectivity index (χ0n) is 10.2. The average molecular weight is 257 g/mol. The molecule has 1 aliphatic carbocycles. The molecule has 19 heavy (non-hydrogen) atoms. The van der Waals surface area contributed by atoms with Gasteiger partial charge in [0.25, 0.3) is 0 Å². The van der Waals surface area contributed by atoms with Gasteiger partial charge in [-0.25, -0.2) is 4.39 Å². The van der Waals surface area contributed by atoms with Crippen molar-refractivity contribution in [1.82, 2.24) is 9.78 Å². The molecule has 1 aromatic carbocycles. The lowest BCUT2D eigenvalue weighted by molar-refractivity contribution is 0.476. The second kappa shape index (κ2) is 4.73. The minimum Gasteiger partial charge on any atom is -0.453 e. The molecule has 4 nitrogen and oxygen atoms in total. The Bertz CT molecular complexity index is 640. The van der Waals surface area contributed by atoms with E-state index in [0.29, 0.717) is 11.5 Å². The van der Waals surface area contributed by atoms with E-state index in [1.807, 2.05) is 10.8 Å². The Morgan fingerprint density at radius 1 is 1.47 bits per heavy atom. The van der Waals surface area contributed by atoms with Crippen LogP contribution in [0.25, 0.3) is 0 Å². The summed E-state index contributed by atoms with van der Waals surface area (Å²) in [6, 6.07) is 5.79. The van der Waals surface area contributed by atoms with E-state index >= 15 is 0 Å². The lowest BCUT2D eigenvalue weighted by atomic mass is 10.2. The third-order valence-corrected chi connectivity index (χ3v) is 3.04. The molecule has 0 amide bonds. The van der Waals surface area contributed by atoms with Gasteiger partial charge in [-0.3, -0.25) is 4.68 Å². The van der Waals surface area contributed by atoms with Crippen LogP contribution in [-0.2, 0) is 6.54 Å². The molecule has 1 aromatic heterocycles. The fourth-order valence-electron chi connectivity index (χ4n) is 1.87. The summed E-state index contributed by atoms with van der Waals surface area (Å²) in [4.78, 5) is 0. The van der Waals surface area contributed by atoms with Crippen LogP contribution in [-0.4, -0.2) is 9.78 Å². The molecule has 0 N–H and O–H groups in total. The second-order valence-corrected chi connectivity index (χ2v) is 4.70. The Morgan fingerprint density at radius 2 is 2.32 bits per heavy atom. The van der Waals surface area contributed by atoms with Crippen molar-refractivity contribution in [3.63, 3.8) is 0 Å². The molecule has 1 aliphatic rings. The lowest BCUT2D eigenvalue weighted by Gasteiger charge is -2.04. The summed E-state index contributed by atoms with van der Waals surface area (Å²) < 4.78 is 20.4. The molecule has 0 atom stereocenters. The Labute approximate surface area is 110 Å². The highest BCUT2D eigenvalue weighted by Crippen LogP contribution is 2.31. The summed E-state index contributed by atoms with van der Waals surface area (Å²) in [7, 11) is 0. The Balaban J connectivity index is 1.77. The van der Waals surface area contributed by atoms with E-state index in [1.54, 1.807) is 12.4 Å². The minimum atomic E-state index is -0.451. The van der Waals surface area contributed by atoms with Crippen molar-refractivity contribution in [2.75, 3.05) is 0 Å². The number of nitrogens with zero attached hydrogens (tertiary/aromatic N) is 3. The number of ether oxygens (including phenoxy) is 1. The average Bonchev–Trinajstić information content (AvgIpc) is 3.11. The fraction of sp³-hybridized carbons (Fsp3) is 0.286. The number of rotatable bonds is 4. The summed E-state index contributed by atoms with van der Waals surface area (Å²) in [6.07, 6.45) is 5.91. The molecule has 3 rings (SSSR count). The maximum Gasteiger partial charge on any atom is 0.165 e. The smallest absolute Gasteiger partial charge is 0.165 e. The molecule has 0 bridgehead atoms. The van der Waals surface area contributed by atoms with Crippen LogP contribution in [0.4, 0.5) is 4.39 Å². The first-order chi connectivity index (χ1) is 9.24. The number of aromatic nitrogens is 2. The molecule has 0 unspecified atom stereocenters. The predicted octanol–water partition coefficient (Wildman–Crippen LogP) is 3.10. The van der Waals surface area contributed by atoms with Crippen LogP contribution in [0.5, 0.6) is 11.5 Å². The maximum atomic E-state index is 13.0. The van der Waals surface area contributed by atoms with Crippen LogP contribution in [0.15, 0.2) is 30.6 Å². The molecule has 96 valence electrons. The van der Waals surface area contributed by atoms with E-state index in [1.165, 1.54) is 25.0 Å². The van der Waals surface area contributed by atoms with E-state index < -0.39 is 5.82 Å². The number of hydrogen-bond acceptors (Lipinski definition) is 3. The van der Waals surface area contributed by atoms with Crippen molar-refractivity contribution in [3.8, 4) is 17.6 Å². The highest BCUT2D eigenvalue weighted by atomic mass is 19.1. The van der Waals surface area contributed by atoms with Gasteiger partial charge >= 0.3 is 0 Å². The van der Waals surface area contributed by atoms with Crippen molar-refractivity contribution < 1.29 is 9.13 Å². The Kier molecular flexibility index (Phi) is 2.92. The third-order valence-electron chi connectivity index (χ3n) is 3.04. The van der Waals surface area contributed by atoms with E-state index in [2.05, 4.69) is 5.10 Å². The van der Waals surface area contributed by atoms with Crippen molar-refractivity contribution >= 4 is 0 Å². The van der Waals surface area contributed by atoms with Gasteiger partial charge in [-0.05, 0) is 37.0 Å². The van der Waals surface area contributed by atoms with Gasteiger partial charge in [0, 0.05) is 6.54 Å². The molecule has 0 saturated heterocycles. The topological polar surface area (TPSA) is 50.8 Å². The van der Waals surface area contributed by atoms with Gasteiger partial charge in [-0.1, -0.05) is 0 Å². The predicted molar refractivity (Wildman–Crippen MR) is 66.1 cm³/mol. The van der Waals surface area contributed by atoms with Crippen molar-refractivity contribution in [3.05, 3.63) is 42.0 Å². The normalized spacial score (nSPS) is 14.1. The standard InChI is InChI=1S/C14H12FN3O/c15-12-3-4-14(11(5-12)6-16)19-13-7-17-18(9-13)8-10-1-2-10/h3-5,7,9-10H,1-2,8H2. The molecule has 1 heterocycles. The highest BCUT2D eigenvalue weighted by molar-refractivity contribution is 5.44. The third kappa shape index (κ3) is 2.74. The van der Waals surface area contributed by atoms with Crippen LogP contribution in [0.2, 0.25) is 0 Å². The second-order valence-electron chi connectivity index (χ2n) is 4.70. The van der Waals surface area contributed by atoms with Gasteiger partial charge in [0.2, 0.25) is 0 Å². The van der Waals surface area contributed by atoms with Gasteiger partial charge in [-0.2, -0.15) is 10.4 Å². The Hall–Kier alpha value is -2.35. The van der Waals surface area contributed by atoms with Gasteiger partial charge in [-0.15, -0.1) is 0 Å². The highest BCUT2D eigenvalue weighted by Gasteiger charge is 2.22. The lowest BCUT2D eigenvalue weighted by Crippen LogP contribution is -1.99. The van der Waals surface area contributed by atoms with Gasteiger partial charge in [0.05, 0.1) is 18.0 Å². The van der Waals surface area contributed by atoms with Crippen LogP contribution >= 0.6 is 0 Å². The van der Waals surface area contributed by atoms with Gasteiger partial charge in [0.15, 0.2) is 5.75 Å². The molecule has 2 aromatic rings. The van der Waals surface area contributed by atoms with Crippen LogP contribution in [0, 0.1) is 23.1 Å². The van der Waals surface area contributed by atoms with E-state index in [9.17, 15) is 4.39 Å². The van der Waals surface area contributed by atoms with Gasteiger partial charge in [0.1, 0.15) is 17.6 Å². The zero-order chi connectivity index (χ0) is 13.2. The van der Waals surface area contributed by atoms with Crippen LogP contribution in [0.3, 0.4) is 0 Å². The maximum absolute atomic E-state index is 13.0. The molecule has 1 saturated carbocycles. The monoisotopic (exact) mass is 257 g/mol. The van der Waals surface area contributed by atoms with E-state index in [-0.39, 0.29) is 5.56 Å². The summed E-state index contributed by atoms with van der Waals surface area (Å²) >= 11 is 0. The molecular formula is C14H12FN3O. The first-order valence-electron chi connectivity index (χ1n) is 6.14. The summed E-state index contributed by atoms with van der Waals surface area (Å²) in [5.41, 5.74) is 0.176. The molecule has 1 fully saturated rings. The van der Waals surface area contributed by atoms with Crippen molar-refractivity contribution in [1.29, 1.82) is 5.26 Å². The van der Waals surface area contributed by atoms with E-state index in [4.69, 9.17) is 10.00 Å². The first kappa shape index (κ1) is 11.7. The molecule has 0 radical (unpaired) electrons. The fourth-order valence-corrected chi connectivity index (χ4v) is 1.87. The largest absolute Gasteiger partial charge is 0.453 e. The molecule has 5 heteroatoms. The van der Waals surface area contributed by atoms with Crippen molar-refractivity contribution in [2.45, 2.75) is 19.4 Å². The molecular weight excluding hydrogens is 245 g/mol. The first-order valence-corrected chi connectivity index (χ1v) is 6.14. The molecule has 0 aliphatic heterocycles.